The van der Waals surface area contributed by atoms with Gasteiger partial charge in [-0.3, -0.25) is 0 Å². The van der Waals surface area contributed by atoms with Gasteiger partial charge in [0.2, 0.25) is 11.2 Å². The van der Waals surface area contributed by atoms with Crippen molar-refractivity contribution in [2.24, 2.45) is 7.05 Å². The van der Waals surface area contributed by atoms with Crippen molar-refractivity contribution in [2.75, 3.05) is 0 Å². The normalized spacial score (nSPS) is 11.5. The molecule has 144 valence electrons. The molecular formula is C26H23IN2. The molecule has 2 nitrogen and oxygen atoms in total. The average Bonchev–Trinajstić information content (AvgIpc) is 3.06. The van der Waals surface area contributed by atoms with Crippen LogP contribution in [0.4, 0.5) is 0 Å². The third kappa shape index (κ3) is 3.33. The monoisotopic (exact) mass is 490 g/mol. The first-order valence-corrected chi connectivity index (χ1v) is 9.83. The van der Waals surface area contributed by atoms with Crippen molar-refractivity contribution in [3.8, 4) is 0 Å². The molecule has 0 unspecified atom stereocenters. The molecular weight excluding hydrogens is 467 g/mol. The zero-order valence-corrected chi connectivity index (χ0v) is 18.8. The molecule has 29 heavy (non-hydrogen) atoms. The quantitative estimate of drug-likeness (QED) is 0.272. The van der Waals surface area contributed by atoms with Crippen molar-refractivity contribution >= 4 is 44.9 Å². The number of hydrogen-bond donors (Lipinski definition) is 0. The number of pyridine rings is 1. The van der Waals surface area contributed by atoms with E-state index in [4.69, 9.17) is 0 Å². The topological polar surface area (TPSA) is 8.81 Å². The highest BCUT2D eigenvalue weighted by Crippen LogP contribution is 2.30. The summed E-state index contributed by atoms with van der Waals surface area (Å²) < 4.78 is 4.63. The van der Waals surface area contributed by atoms with Gasteiger partial charge in [-0.2, -0.15) is 4.57 Å². The summed E-state index contributed by atoms with van der Waals surface area (Å²) in [4.78, 5) is 0. The lowest BCUT2D eigenvalue weighted by molar-refractivity contribution is -0.646. The van der Waals surface area contributed by atoms with Crippen molar-refractivity contribution in [2.45, 2.75) is 13.5 Å². The Morgan fingerprint density at radius 1 is 0.793 bits per heavy atom. The molecule has 5 rings (SSSR count). The number of aryl methyl sites for hydroxylation is 2. The number of fused-ring (bicyclic) bond motifs is 4. The molecule has 0 aliphatic carbocycles. The number of benzene rings is 3. The minimum Gasteiger partial charge on any atom is -1.00 e. The van der Waals surface area contributed by atoms with Crippen molar-refractivity contribution in [3.05, 3.63) is 90.1 Å². The van der Waals surface area contributed by atoms with E-state index < -0.39 is 0 Å². The molecule has 5 aromatic rings. The molecule has 3 aromatic carbocycles. The van der Waals surface area contributed by atoms with Gasteiger partial charge >= 0.3 is 0 Å². The predicted molar refractivity (Wildman–Crippen MR) is 119 cm³/mol. The highest BCUT2D eigenvalue weighted by Gasteiger charge is 2.10. The molecule has 0 spiro atoms. The van der Waals surface area contributed by atoms with Crippen LogP contribution in [0.2, 0.25) is 0 Å². The SMILES string of the molecule is CCn1c2ccccc2c2cc(/C=C/c3ccc4ccccc4[n+]3C)ccc21.[I-]. The van der Waals surface area contributed by atoms with Crippen LogP contribution in [0.5, 0.6) is 0 Å². The second-order valence-electron chi connectivity index (χ2n) is 7.25. The molecule has 0 radical (unpaired) electrons. The molecule has 0 aliphatic heterocycles. The smallest absolute Gasteiger partial charge is 0.212 e. The molecule has 0 aliphatic rings. The van der Waals surface area contributed by atoms with Crippen molar-refractivity contribution in [1.82, 2.24) is 4.57 Å². The van der Waals surface area contributed by atoms with Crippen LogP contribution >= 0.6 is 0 Å². The molecule has 0 bridgehead atoms. The van der Waals surface area contributed by atoms with Gasteiger partial charge < -0.3 is 28.5 Å². The Hall–Kier alpha value is -2.66. The number of para-hydroxylation sites is 2. The summed E-state index contributed by atoms with van der Waals surface area (Å²) in [5.74, 6) is 0. The van der Waals surface area contributed by atoms with Crippen LogP contribution in [0, 0.1) is 0 Å². The van der Waals surface area contributed by atoms with Gasteiger partial charge in [-0.15, -0.1) is 0 Å². The third-order valence-electron chi connectivity index (χ3n) is 5.68. The van der Waals surface area contributed by atoms with Crippen LogP contribution < -0.4 is 28.5 Å². The Balaban J connectivity index is 0.00000205. The van der Waals surface area contributed by atoms with Gasteiger partial charge in [-0.25, -0.2) is 0 Å². The lowest BCUT2D eigenvalue weighted by Gasteiger charge is -2.03. The molecule has 3 heteroatoms. The predicted octanol–water partition coefficient (Wildman–Crippen LogP) is 2.97. The molecule has 0 N–H and O–H groups in total. The minimum absolute atomic E-state index is 0. The number of aromatic nitrogens is 2. The first-order valence-electron chi connectivity index (χ1n) is 9.83. The van der Waals surface area contributed by atoms with Crippen molar-refractivity contribution < 1.29 is 28.5 Å². The lowest BCUT2D eigenvalue weighted by atomic mass is 10.1. The fraction of sp³-hybridized carbons (Fsp3) is 0.115. The summed E-state index contributed by atoms with van der Waals surface area (Å²) >= 11 is 0. The Kier molecular flexibility index (Phi) is 5.41. The van der Waals surface area contributed by atoms with Crippen LogP contribution in [0.3, 0.4) is 0 Å². The number of halogens is 1. The molecule has 0 saturated carbocycles. The van der Waals surface area contributed by atoms with E-state index in [0.29, 0.717) is 0 Å². The summed E-state index contributed by atoms with van der Waals surface area (Å²) in [6.07, 6.45) is 4.41. The number of hydrogen-bond acceptors (Lipinski definition) is 0. The molecule has 0 amide bonds. The second kappa shape index (κ2) is 7.99. The maximum Gasteiger partial charge on any atom is 0.212 e. The molecule has 0 saturated heterocycles. The fourth-order valence-electron chi connectivity index (χ4n) is 4.22. The van der Waals surface area contributed by atoms with Crippen LogP contribution in [0.25, 0.3) is 44.9 Å². The first-order chi connectivity index (χ1) is 13.8. The minimum atomic E-state index is 0. The van der Waals surface area contributed by atoms with Gasteiger partial charge in [-0.05, 0) is 48.9 Å². The van der Waals surface area contributed by atoms with Crippen molar-refractivity contribution in [3.63, 3.8) is 0 Å². The molecule has 2 aromatic heterocycles. The van der Waals surface area contributed by atoms with E-state index in [-0.39, 0.29) is 24.0 Å². The number of rotatable bonds is 3. The Bertz CT molecular complexity index is 1360. The zero-order chi connectivity index (χ0) is 19.1. The van der Waals surface area contributed by atoms with Crippen molar-refractivity contribution in [1.29, 1.82) is 0 Å². The van der Waals surface area contributed by atoms with Gasteiger partial charge in [0.25, 0.3) is 0 Å². The van der Waals surface area contributed by atoms with E-state index in [1.807, 2.05) is 0 Å². The summed E-state index contributed by atoms with van der Waals surface area (Å²) in [5, 5.41) is 3.91. The van der Waals surface area contributed by atoms with Gasteiger partial charge in [0.05, 0.1) is 0 Å². The van der Waals surface area contributed by atoms with Crippen LogP contribution in [-0.2, 0) is 13.6 Å². The van der Waals surface area contributed by atoms with Crippen LogP contribution in [-0.4, -0.2) is 4.57 Å². The highest BCUT2D eigenvalue weighted by molar-refractivity contribution is 6.08. The summed E-state index contributed by atoms with van der Waals surface area (Å²) in [7, 11) is 2.13. The summed E-state index contributed by atoms with van der Waals surface area (Å²) in [6, 6.07) is 28.3. The van der Waals surface area contributed by atoms with E-state index in [1.165, 1.54) is 44.0 Å². The van der Waals surface area contributed by atoms with Gasteiger partial charge in [0.1, 0.15) is 7.05 Å². The Morgan fingerprint density at radius 3 is 2.41 bits per heavy atom. The lowest BCUT2D eigenvalue weighted by Crippen LogP contribution is -3.00. The van der Waals surface area contributed by atoms with Crippen LogP contribution in [0.15, 0.2) is 78.9 Å². The number of nitrogens with zero attached hydrogens (tertiary/aromatic N) is 2. The van der Waals surface area contributed by atoms with Gasteiger partial charge in [0.15, 0.2) is 0 Å². The average molecular weight is 490 g/mol. The second-order valence-corrected chi connectivity index (χ2v) is 7.25. The van der Waals surface area contributed by atoms with E-state index in [0.717, 1.165) is 6.54 Å². The first kappa shape index (κ1) is 19.6. The fourth-order valence-corrected chi connectivity index (χ4v) is 4.22. The van der Waals surface area contributed by atoms with Gasteiger partial charge in [-0.1, -0.05) is 36.4 Å². The zero-order valence-electron chi connectivity index (χ0n) is 16.6. The highest BCUT2D eigenvalue weighted by atomic mass is 127. The van der Waals surface area contributed by atoms with E-state index in [1.54, 1.807) is 0 Å². The standard InChI is InChI=1S/C26H23N2.HI/c1-3-28-25-11-7-5-9-22(25)23-18-19(13-17-26(23)28)12-15-21-16-14-20-8-4-6-10-24(20)27(21)2;/h4-18H,3H2,1-2H3;1H/q+1;/p-1. The maximum absolute atomic E-state index is 2.39. The summed E-state index contributed by atoms with van der Waals surface area (Å²) in [6.45, 7) is 3.19. The maximum atomic E-state index is 2.39. The van der Waals surface area contributed by atoms with E-state index in [2.05, 4.69) is 114 Å². The Labute approximate surface area is 188 Å². The van der Waals surface area contributed by atoms with Crippen LogP contribution in [0.1, 0.15) is 18.2 Å². The molecule has 2 heterocycles. The third-order valence-corrected chi connectivity index (χ3v) is 5.68. The van der Waals surface area contributed by atoms with E-state index >= 15 is 0 Å². The van der Waals surface area contributed by atoms with E-state index in [9.17, 15) is 0 Å². The largest absolute Gasteiger partial charge is 1.00 e. The van der Waals surface area contributed by atoms with Gasteiger partial charge in [0, 0.05) is 51.9 Å². The molecule has 0 fully saturated rings. The molecule has 0 atom stereocenters. The Morgan fingerprint density at radius 2 is 1.55 bits per heavy atom. The summed E-state index contributed by atoms with van der Waals surface area (Å²) in [5.41, 5.74) is 6.26.